The lowest BCUT2D eigenvalue weighted by Crippen LogP contribution is -2.65. The van der Waals surface area contributed by atoms with Gasteiger partial charge in [0.2, 0.25) is 0 Å². The Morgan fingerprint density at radius 3 is 1.52 bits per heavy atom. The maximum atomic E-state index is 7.32. The van der Waals surface area contributed by atoms with E-state index in [0.29, 0.717) is 33.0 Å². The zero-order chi connectivity index (χ0) is 33.9. The first kappa shape index (κ1) is 35.1. The van der Waals surface area contributed by atoms with Crippen LogP contribution in [0.5, 0.6) is 0 Å². The molecule has 4 aromatic carbocycles. The van der Waals surface area contributed by atoms with E-state index in [0.717, 1.165) is 45.9 Å². The number of ether oxygens (including phenoxy) is 5. The van der Waals surface area contributed by atoms with Crippen molar-refractivity contribution in [3.63, 3.8) is 0 Å². The van der Waals surface area contributed by atoms with Crippen LogP contribution in [0.1, 0.15) is 34.4 Å². The Hall–Kier alpha value is -3.34. The first-order valence-electron chi connectivity index (χ1n) is 17.3. The summed E-state index contributed by atoms with van der Waals surface area (Å²) in [7, 11) is 0. The molecule has 0 saturated carbocycles. The van der Waals surface area contributed by atoms with Gasteiger partial charge in [0.15, 0.2) is 0 Å². The topological polar surface area (TPSA) is 59.3 Å². The SMILES string of the molecule is c1ccc(COCC2O[C@@H](C3(c4ccco4)SCCCS3)C(OCc3ccccc3)C(OCc3ccccc3)[C@@H]2OCc2ccccc2)cc1. The van der Waals surface area contributed by atoms with Crippen molar-refractivity contribution in [1.82, 2.24) is 0 Å². The monoisotopic (exact) mass is 708 g/mol. The highest BCUT2D eigenvalue weighted by atomic mass is 32.2. The molecule has 2 fully saturated rings. The molecule has 0 amide bonds. The van der Waals surface area contributed by atoms with Crippen LogP contribution < -0.4 is 0 Å². The van der Waals surface area contributed by atoms with Gasteiger partial charge in [-0.25, -0.2) is 0 Å². The van der Waals surface area contributed by atoms with Crippen LogP contribution >= 0.6 is 23.5 Å². The minimum absolute atomic E-state index is 0.324. The molecular formula is C42H44O6S2. The summed E-state index contributed by atoms with van der Waals surface area (Å²) in [6.45, 7) is 2.00. The third-order valence-corrected chi connectivity index (χ3v) is 12.5. The lowest BCUT2D eigenvalue weighted by molar-refractivity contribution is -0.275. The van der Waals surface area contributed by atoms with Crippen molar-refractivity contribution in [3.8, 4) is 0 Å². The van der Waals surface area contributed by atoms with E-state index in [1.807, 2.05) is 102 Å². The van der Waals surface area contributed by atoms with E-state index >= 15 is 0 Å². The van der Waals surface area contributed by atoms with E-state index in [1.165, 1.54) is 0 Å². The van der Waals surface area contributed by atoms with E-state index in [9.17, 15) is 0 Å². The van der Waals surface area contributed by atoms with Gasteiger partial charge < -0.3 is 28.1 Å². The molecule has 260 valence electrons. The maximum absolute atomic E-state index is 7.32. The number of thioether (sulfide) groups is 2. The van der Waals surface area contributed by atoms with Crippen LogP contribution in [0.2, 0.25) is 0 Å². The van der Waals surface area contributed by atoms with Gasteiger partial charge in [-0.05, 0) is 52.3 Å². The van der Waals surface area contributed by atoms with Crippen LogP contribution in [0, 0.1) is 0 Å². The lowest BCUT2D eigenvalue weighted by Gasteiger charge is -2.52. The van der Waals surface area contributed by atoms with Gasteiger partial charge in [0.25, 0.3) is 0 Å². The zero-order valence-corrected chi connectivity index (χ0v) is 29.7. The molecule has 7 rings (SSSR count). The van der Waals surface area contributed by atoms with E-state index < -0.39 is 34.6 Å². The van der Waals surface area contributed by atoms with Crippen molar-refractivity contribution in [1.29, 1.82) is 0 Å². The Kier molecular flexibility index (Phi) is 12.4. The highest BCUT2D eigenvalue weighted by molar-refractivity contribution is 8.18. The van der Waals surface area contributed by atoms with Crippen LogP contribution in [0.15, 0.2) is 144 Å². The van der Waals surface area contributed by atoms with Crippen molar-refractivity contribution >= 4 is 23.5 Å². The van der Waals surface area contributed by atoms with Crippen LogP contribution in [0.25, 0.3) is 0 Å². The summed E-state index contributed by atoms with van der Waals surface area (Å²) in [5, 5.41) is 0. The lowest BCUT2D eigenvalue weighted by atomic mass is 9.91. The van der Waals surface area contributed by atoms with Crippen LogP contribution in [-0.2, 0) is 54.2 Å². The predicted molar refractivity (Wildman–Crippen MR) is 200 cm³/mol. The molecule has 50 heavy (non-hydrogen) atoms. The van der Waals surface area contributed by atoms with Crippen molar-refractivity contribution in [2.75, 3.05) is 18.1 Å². The molecule has 3 unspecified atom stereocenters. The highest BCUT2D eigenvalue weighted by Crippen LogP contribution is 2.56. The van der Waals surface area contributed by atoms with Gasteiger partial charge in [-0.1, -0.05) is 121 Å². The molecule has 5 aromatic rings. The number of furan rings is 1. The Morgan fingerprint density at radius 2 is 1.02 bits per heavy atom. The van der Waals surface area contributed by atoms with Gasteiger partial charge in [0, 0.05) is 0 Å². The molecule has 0 aliphatic carbocycles. The van der Waals surface area contributed by atoms with Crippen molar-refractivity contribution in [2.24, 2.45) is 0 Å². The predicted octanol–water partition coefficient (Wildman–Crippen LogP) is 9.04. The largest absolute Gasteiger partial charge is 0.467 e. The Labute approximate surface area is 303 Å². The molecule has 0 N–H and O–H groups in total. The minimum Gasteiger partial charge on any atom is -0.467 e. The van der Waals surface area contributed by atoms with Gasteiger partial charge in [-0.15, -0.1) is 23.5 Å². The normalized spacial score (nSPS) is 23.4. The summed E-state index contributed by atoms with van der Waals surface area (Å²) in [6, 6.07) is 45.1. The Morgan fingerprint density at radius 1 is 0.540 bits per heavy atom. The second-order valence-electron chi connectivity index (χ2n) is 12.6. The first-order valence-corrected chi connectivity index (χ1v) is 19.3. The number of benzene rings is 4. The molecule has 2 aliphatic rings. The van der Waals surface area contributed by atoms with Gasteiger partial charge in [0.05, 0.1) is 39.3 Å². The summed E-state index contributed by atoms with van der Waals surface area (Å²) in [4.78, 5) is 0. The van der Waals surface area contributed by atoms with E-state index in [-0.39, 0.29) is 0 Å². The van der Waals surface area contributed by atoms with E-state index in [2.05, 4.69) is 54.6 Å². The van der Waals surface area contributed by atoms with E-state index in [1.54, 1.807) is 6.26 Å². The number of hydrogen-bond donors (Lipinski definition) is 0. The first-order chi connectivity index (χ1) is 24.8. The average Bonchev–Trinajstić information content (AvgIpc) is 3.74. The smallest absolute Gasteiger partial charge is 0.148 e. The van der Waals surface area contributed by atoms with Crippen molar-refractivity contribution in [3.05, 3.63) is 168 Å². The fourth-order valence-corrected chi connectivity index (χ4v) is 9.99. The second-order valence-corrected chi connectivity index (χ2v) is 15.5. The Bertz CT molecular complexity index is 1670. The van der Waals surface area contributed by atoms with Crippen LogP contribution in [-0.4, -0.2) is 48.6 Å². The number of rotatable bonds is 15. The minimum atomic E-state index is -0.556. The third kappa shape index (κ3) is 8.75. The number of hydrogen-bond acceptors (Lipinski definition) is 8. The second kappa shape index (κ2) is 17.7. The molecule has 1 aromatic heterocycles. The van der Waals surface area contributed by atoms with Crippen molar-refractivity contribution < 1.29 is 28.1 Å². The molecule has 2 saturated heterocycles. The van der Waals surface area contributed by atoms with Gasteiger partial charge in [-0.3, -0.25) is 0 Å². The Balaban J connectivity index is 1.27. The summed E-state index contributed by atoms with van der Waals surface area (Å²) >= 11 is 3.76. The van der Waals surface area contributed by atoms with Crippen molar-refractivity contribution in [2.45, 2.75) is 67.4 Å². The summed E-state index contributed by atoms with van der Waals surface area (Å²) in [5.41, 5.74) is 4.35. The fraction of sp³-hybridized carbons (Fsp3) is 0.333. The van der Waals surface area contributed by atoms with Gasteiger partial charge in [-0.2, -0.15) is 0 Å². The van der Waals surface area contributed by atoms with E-state index in [4.69, 9.17) is 28.1 Å². The summed E-state index contributed by atoms with van der Waals surface area (Å²) < 4.78 is 40.4. The fourth-order valence-electron chi connectivity index (χ4n) is 6.57. The van der Waals surface area contributed by atoms with Crippen LogP contribution in [0.3, 0.4) is 0 Å². The molecule has 5 atom stereocenters. The highest BCUT2D eigenvalue weighted by Gasteiger charge is 2.58. The molecule has 0 bridgehead atoms. The van der Waals surface area contributed by atoms with Gasteiger partial charge >= 0.3 is 0 Å². The molecule has 3 heterocycles. The molecule has 0 radical (unpaired) electrons. The summed E-state index contributed by atoms with van der Waals surface area (Å²) in [6.07, 6.45) is 0.523. The molecular weight excluding hydrogens is 665 g/mol. The molecule has 8 heteroatoms. The molecule has 0 spiro atoms. The average molecular weight is 709 g/mol. The maximum Gasteiger partial charge on any atom is 0.148 e. The van der Waals surface area contributed by atoms with Crippen LogP contribution in [0.4, 0.5) is 0 Å². The standard InChI is InChI=1S/C42H44O6S2/c1-5-15-32(16-6-1)27-43-31-36-38(45-28-33-17-7-2-8-18-33)39(46-29-34-19-9-3-10-20-34)40(47-30-35-21-11-4-12-22-35)41(48-36)42(37-23-13-24-44-37)49-25-14-26-50-42/h1-13,15-24,36,38-41H,14,25-31H2/t36?,38-,39?,40?,41-/m1/s1. The summed E-state index contributed by atoms with van der Waals surface area (Å²) in [5.74, 6) is 2.84. The quantitative estimate of drug-likeness (QED) is 0.107. The zero-order valence-electron chi connectivity index (χ0n) is 28.1. The third-order valence-electron chi connectivity index (χ3n) is 9.04. The molecule has 2 aliphatic heterocycles. The molecule has 6 nitrogen and oxygen atoms in total. The van der Waals surface area contributed by atoms with Gasteiger partial charge in [0.1, 0.15) is 40.4 Å².